The normalized spacial score (nSPS) is 10.7. The quantitative estimate of drug-likeness (QED) is 0.713. The van der Waals surface area contributed by atoms with Crippen LogP contribution in [0.2, 0.25) is 0 Å². The number of nitrogens with zero attached hydrogens (tertiary/aromatic N) is 2. The minimum atomic E-state index is 0.747. The maximum atomic E-state index is 5.31. The van der Waals surface area contributed by atoms with Gasteiger partial charge < -0.3 is 4.74 Å². The molecule has 2 aromatic rings. The Balaban J connectivity index is 2.30. The van der Waals surface area contributed by atoms with E-state index in [2.05, 4.69) is 10.2 Å². The summed E-state index contributed by atoms with van der Waals surface area (Å²) in [6.45, 7) is 1.99. The number of ether oxygens (including phenoxy) is 1. The van der Waals surface area contributed by atoms with Crippen LogP contribution in [0.25, 0.3) is 0 Å². The fourth-order valence-electron chi connectivity index (χ4n) is 1.59. The van der Waals surface area contributed by atoms with Crippen molar-refractivity contribution in [3.8, 4) is 5.75 Å². The van der Waals surface area contributed by atoms with Gasteiger partial charge in [-0.25, -0.2) is 0 Å². The Kier molecular flexibility index (Phi) is 3.50. The van der Waals surface area contributed by atoms with Crippen LogP contribution in [0.3, 0.4) is 0 Å². The molecule has 3 nitrogen and oxygen atoms in total. The lowest BCUT2D eigenvalue weighted by atomic mass is 10.2. The number of hydrogen-bond donors (Lipinski definition) is 0. The molecule has 2 aromatic carbocycles. The third-order valence-corrected chi connectivity index (χ3v) is 2.42. The lowest BCUT2D eigenvalue weighted by Crippen LogP contribution is -1.86. The smallest absolute Gasteiger partial charge is 0.149 e. The molecule has 0 aromatic heterocycles. The van der Waals surface area contributed by atoms with Crippen LogP contribution in [0, 0.1) is 6.92 Å². The van der Waals surface area contributed by atoms with E-state index in [9.17, 15) is 0 Å². The molecule has 0 radical (unpaired) electrons. The van der Waals surface area contributed by atoms with Crippen LogP contribution < -0.4 is 4.74 Å². The van der Waals surface area contributed by atoms with Crippen molar-refractivity contribution in [2.75, 3.05) is 7.11 Å². The molecule has 0 amide bonds. The van der Waals surface area contributed by atoms with Crippen molar-refractivity contribution in [2.45, 2.75) is 6.92 Å². The standard InChI is InChI=1S/C14H14N2O/c1-11-7-6-10-13(14(11)17-2)16-15-12-8-4-3-5-9-12/h3-10H,1-2H3. The molecule has 0 N–H and O–H groups in total. The second-order valence-corrected chi connectivity index (χ2v) is 3.66. The SMILES string of the molecule is COc1c(C)cccc1N=Nc1ccccc1. The molecule has 0 atom stereocenters. The van der Waals surface area contributed by atoms with Crippen LogP contribution >= 0.6 is 0 Å². The molecule has 0 saturated heterocycles. The summed E-state index contributed by atoms with van der Waals surface area (Å²) in [5.74, 6) is 0.771. The van der Waals surface area contributed by atoms with Crippen LogP contribution in [0.5, 0.6) is 5.75 Å². The zero-order chi connectivity index (χ0) is 12.1. The summed E-state index contributed by atoms with van der Waals surface area (Å²) < 4.78 is 5.31. The molecule has 0 saturated carbocycles. The third-order valence-electron chi connectivity index (χ3n) is 2.42. The molecule has 0 spiro atoms. The Morgan fingerprint density at radius 3 is 2.35 bits per heavy atom. The van der Waals surface area contributed by atoms with Crippen molar-refractivity contribution in [1.82, 2.24) is 0 Å². The first kappa shape index (κ1) is 11.3. The summed E-state index contributed by atoms with van der Waals surface area (Å²) >= 11 is 0. The zero-order valence-corrected chi connectivity index (χ0v) is 9.92. The van der Waals surface area contributed by atoms with E-state index in [1.54, 1.807) is 7.11 Å². The number of aryl methyl sites for hydroxylation is 1. The highest BCUT2D eigenvalue weighted by molar-refractivity contribution is 5.55. The lowest BCUT2D eigenvalue weighted by Gasteiger charge is -2.06. The molecule has 2 rings (SSSR count). The van der Waals surface area contributed by atoms with E-state index in [0.717, 1.165) is 22.7 Å². The predicted molar refractivity (Wildman–Crippen MR) is 68.3 cm³/mol. The zero-order valence-electron chi connectivity index (χ0n) is 9.92. The lowest BCUT2D eigenvalue weighted by molar-refractivity contribution is 0.413. The van der Waals surface area contributed by atoms with E-state index >= 15 is 0 Å². The maximum absolute atomic E-state index is 5.31. The van der Waals surface area contributed by atoms with Gasteiger partial charge in [-0.2, -0.15) is 5.11 Å². The van der Waals surface area contributed by atoms with Gasteiger partial charge in [0.05, 0.1) is 12.8 Å². The largest absolute Gasteiger partial charge is 0.494 e. The first-order valence-corrected chi connectivity index (χ1v) is 5.41. The molecule has 0 unspecified atom stereocenters. The van der Waals surface area contributed by atoms with Gasteiger partial charge in [0, 0.05) is 0 Å². The van der Waals surface area contributed by atoms with Crippen LogP contribution in [-0.2, 0) is 0 Å². The third kappa shape index (κ3) is 2.69. The molecule has 0 aliphatic heterocycles. The molecule has 0 aliphatic rings. The molecule has 3 heteroatoms. The van der Waals surface area contributed by atoms with E-state index in [-0.39, 0.29) is 0 Å². The topological polar surface area (TPSA) is 34.0 Å². The summed E-state index contributed by atoms with van der Waals surface area (Å²) in [6.07, 6.45) is 0. The van der Waals surface area contributed by atoms with E-state index in [0.29, 0.717) is 0 Å². The second kappa shape index (κ2) is 5.25. The minimum absolute atomic E-state index is 0.747. The van der Waals surface area contributed by atoms with Crippen molar-refractivity contribution < 1.29 is 4.74 Å². The molecule has 86 valence electrons. The highest BCUT2D eigenvalue weighted by atomic mass is 16.5. The van der Waals surface area contributed by atoms with Crippen LogP contribution in [0.15, 0.2) is 58.8 Å². The van der Waals surface area contributed by atoms with Crippen LogP contribution in [0.4, 0.5) is 11.4 Å². The number of methoxy groups -OCH3 is 1. The van der Waals surface area contributed by atoms with Crippen molar-refractivity contribution in [2.24, 2.45) is 10.2 Å². The number of para-hydroxylation sites is 1. The Hall–Kier alpha value is -2.16. The fourth-order valence-corrected chi connectivity index (χ4v) is 1.59. The molecular weight excluding hydrogens is 212 g/mol. The van der Waals surface area contributed by atoms with Gasteiger partial charge in [0.15, 0.2) is 0 Å². The molecule has 0 heterocycles. The van der Waals surface area contributed by atoms with Gasteiger partial charge in [0.25, 0.3) is 0 Å². The number of azo groups is 1. The summed E-state index contributed by atoms with van der Waals surface area (Å²) in [4.78, 5) is 0. The van der Waals surface area contributed by atoms with Crippen LogP contribution in [-0.4, -0.2) is 7.11 Å². The van der Waals surface area contributed by atoms with Crippen molar-refractivity contribution >= 4 is 11.4 Å². The molecule has 0 fully saturated rings. The average Bonchev–Trinajstić information content (AvgIpc) is 2.37. The number of hydrogen-bond acceptors (Lipinski definition) is 3. The van der Waals surface area contributed by atoms with Crippen LogP contribution in [0.1, 0.15) is 5.56 Å². The number of rotatable bonds is 3. The first-order chi connectivity index (χ1) is 8.31. The van der Waals surface area contributed by atoms with Crippen molar-refractivity contribution in [3.05, 3.63) is 54.1 Å². The molecule has 17 heavy (non-hydrogen) atoms. The summed E-state index contributed by atoms with van der Waals surface area (Å²) in [6, 6.07) is 15.4. The second-order valence-electron chi connectivity index (χ2n) is 3.66. The van der Waals surface area contributed by atoms with E-state index in [4.69, 9.17) is 4.74 Å². The van der Waals surface area contributed by atoms with Gasteiger partial charge in [-0.15, -0.1) is 5.11 Å². The Bertz CT molecular complexity index is 521. The van der Waals surface area contributed by atoms with Gasteiger partial charge in [0.2, 0.25) is 0 Å². The maximum Gasteiger partial charge on any atom is 0.149 e. The van der Waals surface area contributed by atoms with Gasteiger partial charge in [-0.3, -0.25) is 0 Å². The minimum Gasteiger partial charge on any atom is -0.494 e. The number of benzene rings is 2. The van der Waals surface area contributed by atoms with Gasteiger partial charge in [-0.1, -0.05) is 30.3 Å². The Morgan fingerprint density at radius 2 is 1.65 bits per heavy atom. The summed E-state index contributed by atoms with van der Waals surface area (Å²) in [7, 11) is 1.64. The molecule has 0 aliphatic carbocycles. The fraction of sp³-hybridized carbons (Fsp3) is 0.143. The van der Waals surface area contributed by atoms with E-state index < -0.39 is 0 Å². The highest BCUT2D eigenvalue weighted by Gasteiger charge is 2.03. The highest BCUT2D eigenvalue weighted by Crippen LogP contribution is 2.31. The van der Waals surface area contributed by atoms with Gasteiger partial charge >= 0.3 is 0 Å². The average molecular weight is 226 g/mol. The van der Waals surface area contributed by atoms with Crippen molar-refractivity contribution in [3.63, 3.8) is 0 Å². The first-order valence-electron chi connectivity index (χ1n) is 5.41. The Morgan fingerprint density at radius 1 is 0.882 bits per heavy atom. The Labute approximate surface area is 101 Å². The summed E-state index contributed by atoms with van der Waals surface area (Å²) in [5, 5.41) is 8.38. The van der Waals surface area contributed by atoms with E-state index in [1.807, 2.05) is 55.5 Å². The van der Waals surface area contributed by atoms with Gasteiger partial charge in [0.1, 0.15) is 11.4 Å². The predicted octanol–water partition coefficient (Wildman–Crippen LogP) is 4.42. The molecular formula is C14H14N2O. The monoisotopic (exact) mass is 226 g/mol. The molecule has 0 bridgehead atoms. The van der Waals surface area contributed by atoms with Crippen molar-refractivity contribution in [1.29, 1.82) is 0 Å². The van der Waals surface area contributed by atoms with Gasteiger partial charge in [-0.05, 0) is 30.7 Å². The van der Waals surface area contributed by atoms with E-state index in [1.165, 1.54) is 0 Å². The summed E-state index contributed by atoms with van der Waals surface area (Å²) in [5.41, 5.74) is 2.63.